The molecule has 0 aliphatic rings. The molecule has 102 valence electrons. The molecule has 0 saturated heterocycles. The van der Waals surface area contributed by atoms with Crippen molar-refractivity contribution in [3.05, 3.63) is 40.7 Å². The molecule has 2 N–H and O–H groups in total. The smallest absolute Gasteiger partial charge is 0.252 e. The number of hydrogen-bond acceptors (Lipinski definition) is 3. The van der Waals surface area contributed by atoms with Gasteiger partial charge in [-0.15, -0.1) is 0 Å². The predicted octanol–water partition coefficient (Wildman–Crippen LogP) is 2.11. The SMILES string of the molecule is CC(CCCO)Nc1cc(=O)n(C)c2ccccc12. The van der Waals surface area contributed by atoms with Crippen molar-refractivity contribution in [1.29, 1.82) is 0 Å². The summed E-state index contributed by atoms with van der Waals surface area (Å²) in [6.07, 6.45) is 1.64. The molecule has 19 heavy (non-hydrogen) atoms. The van der Waals surface area contributed by atoms with E-state index in [1.165, 1.54) is 0 Å². The Hall–Kier alpha value is -1.81. The van der Waals surface area contributed by atoms with Gasteiger partial charge in [0.1, 0.15) is 0 Å². The Labute approximate surface area is 112 Å². The third kappa shape index (κ3) is 2.96. The van der Waals surface area contributed by atoms with Gasteiger partial charge in [0.05, 0.1) is 5.52 Å². The summed E-state index contributed by atoms with van der Waals surface area (Å²) in [6, 6.07) is 9.72. The van der Waals surface area contributed by atoms with Crippen LogP contribution in [0.15, 0.2) is 35.1 Å². The van der Waals surface area contributed by atoms with Crippen LogP contribution < -0.4 is 10.9 Å². The van der Waals surface area contributed by atoms with Crippen LogP contribution in [0.2, 0.25) is 0 Å². The molecule has 0 aliphatic heterocycles. The van der Waals surface area contributed by atoms with E-state index in [4.69, 9.17) is 5.11 Å². The number of hydrogen-bond donors (Lipinski definition) is 2. The third-order valence-electron chi connectivity index (χ3n) is 3.35. The minimum absolute atomic E-state index is 0.0180. The molecule has 1 atom stereocenters. The van der Waals surface area contributed by atoms with Crippen molar-refractivity contribution in [2.45, 2.75) is 25.8 Å². The van der Waals surface area contributed by atoms with E-state index < -0.39 is 0 Å². The van der Waals surface area contributed by atoms with Gasteiger partial charge in [-0.2, -0.15) is 0 Å². The Balaban J connectivity index is 2.38. The second-order valence-corrected chi connectivity index (χ2v) is 4.88. The number of fused-ring (bicyclic) bond motifs is 1. The first-order valence-electron chi connectivity index (χ1n) is 6.59. The first kappa shape index (κ1) is 13.6. The summed E-state index contributed by atoms with van der Waals surface area (Å²) in [7, 11) is 1.78. The molecule has 0 saturated carbocycles. The lowest BCUT2D eigenvalue weighted by molar-refractivity contribution is 0.282. The number of nitrogens with one attached hydrogen (secondary N) is 1. The number of aryl methyl sites for hydroxylation is 1. The van der Waals surface area contributed by atoms with Gasteiger partial charge >= 0.3 is 0 Å². The van der Waals surface area contributed by atoms with E-state index in [1.807, 2.05) is 24.3 Å². The molecule has 0 fully saturated rings. The van der Waals surface area contributed by atoms with Gasteiger partial charge in [-0.1, -0.05) is 18.2 Å². The molecular weight excluding hydrogens is 240 g/mol. The quantitative estimate of drug-likeness (QED) is 0.865. The van der Waals surface area contributed by atoms with Gasteiger partial charge in [-0.25, -0.2) is 0 Å². The van der Waals surface area contributed by atoms with E-state index in [2.05, 4.69) is 12.2 Å². The number of rotatable bonds is 5. The highest BCUT2D eigenvalue weighted by Gasteiger charge is 2.08. The minimum Gasteiger partial charge on any atom is -0.396 e. The Morgan fingerprint density at radius 3 is 2.84 bits per heavy atom. The lowest BCUT2D eigenvalue weighted by Gasteiger charge is -2.17. The summed E-state index contributed by atoms with van der Waals surface area (Å²) < 4.78 is 1.65. The number of benzene rings is 1. The Bertz CT molecular complexity index is 619. The molecule has 1 aromatic carbocycles. The number of anilines is 1. The van der Waals surface area contributed by atoms with Crippen molar-refractivity contribution in [1.82, 2.24) is 4.57 Å². The molecule has 1 heterocycles. The second-order valence-electron chi connectivity index (χ2n) is 4.88. The normalized spacial score (nSPS) is 12.6. The molecule has 2 rings (SSSR count). The topological polar surface area (TPSA) is 54.3 Å². The largest absolute Gasteiger partial charge is 0.396 e. The Morgan fingerprint density at radius 2 is 2.11 bits per heavy atom. The average molecular weight is 260 g/mol. The summed E-state index contributed by atoms with van der Waals surface area (Å²) in [5.41, 5.74) is 1.77. The van der Waals surface area contributed by atoms with Crippen molar-refractivity contribution in [2.75, 3.05) is 11.9 Å². The van der Waals surface area contributed by atoms with Crippen LogP contribution in [0.25, 0.3) is 10.9 Å². The maximum absolute atomic E-state index is 11.9. The molecule has 0 aliphatic carbocycles. The highest BCUT2D eigenvalue weighted by molar-refractivity contribution is 5.91. The fourth-order valence-electron chi connectivity index (χ4n) is 2.27. The minimum atomic E-state index is -0.0180. The molecule has 0 bridgehead atoms. The summed E-state index contributed by atoms with van der Waals surface area (Å²) in [5, 5.41) is 13.3. The van der Waals surface area contributed by atoms with Crippen LogP contribution >= 0.6 is 0 Å². The Kier molecular flexibility index (Phi) is 4.22. The summed E-state index contributed by atoms with van der Waals surface area (Å²) in [6.45, 7) is 2.26. The van der Waals surface area contributed by atoms with E-state index in [-0.39, 0.29) is 18.2 Å². The van der Waals surface area contributed by atoms with Crippen LogP contribution in [0, 0.1) is 0 Å². The number of para-hydroxylation sites is 1. The zero-order valence-corrected chi connectivity index (χ0v) is 11.4. The molecule has 0 radical (unpaired) electrons. The van der Waals surface area contributed by atoms with Gasteiger partial charge < -0.3 is 15.0 Å². The highest BCUT2D eigenvalue weighted by atomic mass is 16.2. The van der Waals surface area contributed by atoms with Gasteiger partial charge in [0.25, 0.3) is 5.56 Å². The van der Waals surface area contributed by atoms with Crippen molar-refractivity contribution < 1.29 is 5.11 Å². The van der Waals surface area contributed by atoms with Crippen LogP contribution in [0.1, 0.15) is 19.8 Å². The molecule has 0 spiro atoms. The number of aliphatic hydroxyl groups excluding tert-OH is 1. The van der Waals surface area contributed by atoms with E-state index in [0.29, 0.717) is 0 Å². The van der Waals surface area contributed by atoms with Crippen molar-refractivity contribution >= 4 is 16.6 Å². The van der Waals surface area contributed by atoms with E-state index in [9.17, 15) is 4.79 Å². The fourth-order valence-corrected chi connectivity index (χ4v) is 2.27. The van der Waals surface area contributed by atoms with Gasteiger partial charge in [0.15, 0.2) is 0 Å². The zero-order chi connectivity index (χ0) is 13.8. The lowest BCUT2D eigenvalue weighted by Crippen LogP contribution is -2.21. The monoisotopic (exact) mass is 260 g/mol. The second kappa shape index (κ2) is 5.89. The van der Waals surface area contributed by atoms with Crippen LogP contribution in [-0.4, -0.2) is 22.3 Å². The van der Waals surface area contributed by atoms with Gasteiger partial charge in [0, 0.05) is 36.8 Å². The molecular formula is C15H20N2O2. The average Bonchev–Trinajstić information content (AvgIpc) is 2.42. The molecule has 4 nitrogen and oxygen atoms in total. The van der Waals surface area contributed by atoms with Crippen molar-refractivity contribution in [3.8, 4) is 0 Å². The summed E-state index contributed by atoms with van der Waals surface area (Å²) in [4.78, 5) is 11.9. The van der Waals surface area contributed by atoms with Crippen LogP contribution in [0.5, 0.6) is 0 Å². The molecule has 1 aromatic heterocycles. The highest BCUT2D eigenvalue weighted by Crippen LogP contribution is 2.21. The maximum atomic E-state index is 11.9. The standard InChI is InChI=1S/C15H20N2O2/c1-11(6-5-9-18)16-13-10-15(19)17(2)14-8-4-3-7-12(13)14/h3-4,7-8,10-11,16,18H,5-6,9H2,1-2H3. The van der Waals surface area contributed by atoms with Gasteiger partial charge in [0.2, 0.25) is 0 Å². The van der Waals surface area contributed by atoms with Gasteiger partial charge in [-0.3, -0.25) is 4.79 Å². The number of pyridine rings is 1. The van der Waals surface area contributed by atoms with Gasteiger partial charge in [-0.05, 0) is 25.8 Å². The molecule has 4 heteroatoms. The summed E-state index contributed by atoms with van der Waals surface area (Å²) >= 11 is 0. The fraction of sp³-hybridized carbons (Fsp3) is 0.400. The maximum Gasteiger partial charge on any atom is 0.252 e. The summed E-state index contributed by atoms with van der Waals surface area (Å²) in [5.74, 6) is 0. The van der Waals surface area contributed by atoms with Crippen LogP contribution in [-0.2, 0) is 7.05 Å². The van der Waals surface area contributed by atoms with Crippen molar-refractivity contribution in [2.24, 2.45) is 7.05 Å². The molecule has 1 unspecified atom stereocenters. The van der Waals surface area contributed by atoms with E-state index in [1.54, 1.807) is 17.7 Å². The zero-order valence-electron chi connectivity index (χ0n) is 11.4. The number of aliphatic hydroxyl groups is 1. The first-order valence-corrected chi connectivity index (χ1v) is 6.59. The third-order valence-corrected chi connectivity index (χ3v) is 3.35. The molecule has 2 aromatic rings. The number of aromatic nitrogens is 1. The van der Waals surface area contributed by atoms with Crippen LogP contribution in [0.3, 0.4) is 0 Å². The molecule has 0 amide bonds. The van der Waals surface area contributed by atoms with Crippen molar-refractivity contribution in [3.63, 3.8) is 0 Å². The first-order chi connectivity index (χ1) is 9.13. The predicted molar refractivity (Wildman–Crippen MR) is 78.6 cm³/mol. The van der Waals surface area contributed by atoms with E-state index >= 15 is 0 Å². The van der Waals surface area contributed by atoms with E-state index in [0.717, 1.165) is 29.4 Å². The Morgan fingerprint density at radius 1 is 1.37 bits per heavy atom. The lowest BCUT2D eigenvalue weighted by atomic mass is 10.1. The van der Waals surface area contributed by atoms with Crippen LogP contribution in [0.4, 0.5) is 5.69 Å². The number of nitrogens with zero attached hydrogens (tertiary/aromatic N) is 1.